The molecular weight excluding hydrogens is 463 g/mol. The first-order valence-electron chi connectivity index (χ1n) is 10.7. The zero-order valence-electron chi connectivity index (χ0n) is 18.2. The molecule has 1 aliphatic rings. The van der Waals surface area contributed by atoms with Gasteiger partial charge in [-0.3, -0.25) is 4.79 Å². The topological polar surface area (TPSA) is 64.2 Å². The van der Waals surface area contributed by atoms with Crippen molar-refractivity contribution in [1.82, 2.24) is 9.97 Å². The lowest BCUT2D eigenvalue weighted by atomic mass is 9.89. The van der Waals surface area contributed by atoms with E-state index in [1.165, 1.54) is 24.1 Å². The van der Waals surface area contributed by atoms with Gasteiger partial charge in [0.25, 0.3) is 5.56 Å². The molecule has 1 N–H and O–H groups in total. The zero-order chi connectivity index (χ0) is 23.1. The lowest BCUT2D eigenvalue weighted by molar-refractivity contribution is 0.284. The smallest absolute Gasteiger partial charge is 0.260 e. The first kappa shape index (κ1) is 21.9. The molecule has 2 aromatic carbocycles. The van der Waals surface area contributed by atoms with Crippen molar-refractivity contribution in [3.8, 4) is 22.9 Å². The fourth-order valence-electron chi connectivity index (χ4n) is 4.22. The summed E-state index contributed by atoms with van der Waals surface area (Å²) in [5.41, 5.74) is 2.44. The Morgan fingerprint density at radius 3 is 2.82 bits per heavy atom. The number of benzene rings is 2. The molecule has 4 aromatic rings. The zero-order valence-corrected chi connectivity index (χ0v) is 19.8. The maximum atomic E-state index is 13.1. The van der Waals surface area contributed by atoms with Gasteiger partial charge in [-0.2, -0.15) is 0 Å². The largest absolute Gasteiger partial charge is 0.493 e. The lowest BCUT2D eigenvalue weighted by Gasteiger charge is -2.17. The van der Waals surface area contributed by atoms with E-state index in [1.807, 2.05) is 0 Å². The molecule has 5 rings (SSSR count). The SMILES string of the molecule is COc1cc(-c2nc3sc4c(c3c(=O)[nH]2)CCC(C)C4)cc(Cl)c1OCc1ccc(F)cc1. The van der Waals surface area contributed by atoms with Gasteiger partial charge < -0.3 is 14.5 Å². The number of aromatic nitrogens is 2. The van der Waals surface area contributed by atoms with E-state index in [4.69, 9.17) is 26.1 Å². The number of hydrogen-bond donors (Lipinski definition) is 1. The molecule has 0 saturated heterocycles. The number of aryl methyl sites for hydroxylation is 1. The minimum absolute atomic E-state index is 0.131. The highest BCUT2D eigenvalue weighted by Crippen LogP contribution is 2.40. The maximum Gasteiger partial charge on any atom is 0.260 e. The summed E-state index contributed by atoms with van der Waals surface area (Å²) in [5.74, 6) is 1.54. The van der Waals surface area contributed by atoms with Crippen LogP contribution >= 0.6 is 22.9 Å². The van der Waals surface area contributed by atoms with Gasteiger partial charge in [0.05, 0.1) is 17.5 Å². The second-order valence-electron chi connectivity index (χ2n) is 8.35. The normalized spacial score (nSPS) is 15.5. The number of thiophene rings is 1. The second-order valence-corrected chi connectivity index (χ2v) is 9.84. The average Bonchev–Trinajstić information content (AvgIpc) is 3.16. The third kappa shape index (κ3) is 4.23. The Balaban J connectivity index is 1.49. The number of hydrogen-bond acceptors (Lipinski definition) is 5. The lowest BCUT2D eigenvalue weighted by Crippen LogP contribution is -2.13. The van der Waals surface area contributed by atoms with Crippen molar-refractivity contribution in [2.75, 3.05) is 7.11 Å². The van der Waals surface area contributed by atoms with Crippen LogP contribution in [0.4, 0.5) is 4.39 Å². The summed E-state index contributed by atoms with van der Waals surface area (Å²) in [6.07, 6.45) is 3.00. The van der Waals surface area contributed by atoms with E-state index < -0.39 is 0 Å². The quantitative estimate of drug-likeness (QED) is 0.368. The number of H-pyrrole nitrogens is 1. The van der Waals surface area contributed by atoms with E-state index >= 15 is 0 Å². The van der Waals surface area contributed by atoms with Crippen LogP contribution in [0.5, 0.6) is 11.5 Å². The van der Waals surface area contributed by atoms with Gasteiger partial charge in [-0.05, 0) is 60.6 Å². The Morgan fingerprint density at radius 1 is 1.27 bits per heavy atom. The first-order chi connectivity index (χ1) is 15.9. The van der Waals surface area contributed by atoms with Gasteiger partial charge in [0.15, 0.2) is 11.5 Å². The Bertz CT molecular complexity index is 1400. The summed E-state index contributed by atoms with van der Waals surface area (Å²) in [7, 11) is 1.52. The van der Waals surface area contributed by atoms with Crippen molar-refractivity contribution in [1.29, 1.82) is 0 Å². The van der Waals surface area contributed by atoms with Crippen LogP contribution in [0.3, 0.4) is 0 Å². The van der Waals surface area contributed by atoms with Gasteiger partial charge in [-0.15, -0.1) is 11.3 Å². The third-order valence-corrected chi connectivity index (χ3v) is 7.39. The van der Waals surface area contributed by atoms with E-state index in [0.717, 1.165) is 35.2 Å². The van der Waals surface area contributed by atoms with Gasteiger partial charge in [0, 0.05) is 10.4 Å². The number of fused-ring (bicyclic) bond motifs is 3. The van der Waals surface area contributed by atoms with Crippen LogP contribution < -0.4 is 15.0 Å². The Morgan fingerprint density at radius 2 is 2.06 bits per heavy atom. The number of nitrogens with one attached hydrogen (secondary N) is 1. The van der Waals surface area contributed by atoms with Gasteiger partial charge in [0.1, 0.15) is 23.1 Å². The molecule has 170 valence electrons. The number of nitrogens with zero attached hydrogens (tertiary/aromatic N) is 1. The highest BCUT2D eigenvalue weighted by atomic mass is 35.5. The van der Waals surface area contributed by atoms with E-state index in [1.54, 1.807) is 35.6 Å². The Hall–Kier alpha value is -2.90. The van der Waals surface area contributed by atoms with Crippen LogP contribution in [0.25, 0.3) is 21.6 Å². The number of ether oxygens (including phenoxy) is 2. The molecule has 1 unspecified atom stereocenters. The fourth-order valence-corrected chi connectivity index (χ4v) is 5.87. The number of rotatable bonds is 5. The van der Waals surface area contributed by atoms with Gasteiger partial charge in [0.2, 0.25) is 0 Å². The number of aromatic amines is 1. The van der Waals surface area contributed by atoms with Crippen LogP contribution in [0.2, 0.25) is 5.02 Å². The van der Waals surface area contributed by atoms with E-state index in [-0.39, 0.29) is 18.0 Å². The molecule has 0 bridgehead atoms. The molecule has 0 fully saturated rings. The van der Waals surface area contributed by atoms with Crippen LogP contribution in [0, 0.1) is 11.7 Å². The van der Waals surface area contributed by atoms with Crippen molar-refractivity contribution in [2.45, 2.75) is 32.8 Å². The molecule has 1 aliphatic carbocycles. The summed E-state index contributed by atoms with van der Waals surface area (Å²) in [4.78, 5) is 22.7. The molecule has 0 saturated carbocycles. The van der Waals surface area contributed by atoms with E-state index in [2.05, 4.69) is 11.9 Å². The van der Waals surface area contributed by atoms with Gasteiger partial charge in [-0.1, -0.05) is 30.7 Å². The molecule has 33 heavy (non-hydrogen) atoms. The predicted molar refractivity (Wildman–Crippen MR) is 129 cm³/mol. The first-order valence-corrected chi connectivity index (χ1v) is 11.9. The molecule has 0 radical (unpaired) electrons. The third-order valence-electron chi connectivity index (χ3n) is 5.96. The Labute approximate surface area is 199 Å². The molecular formula is C25H22ClFN2O3S. The molecule has 8 heteroatoms. The monoisotopic (exact) mass is 484 g/mol. The molecule has 0 spiro atoms. The van der Waals surface area contributed by atoms with Crippen LogP contribution in [-0.2, 0) is 19.4 Å². The van der Waals surface area contributed by atoms with Crippen molar-refractivity contribution in [3.63, 3.8) is 0 Å². The summed E-state index contributed by atoms with van der Waals surface area (Å²) in [6.45, 7) is 2.44. The highest BCUT2D eigenvalue weighted by molar-refractivity contribution is 7.18. The molecule has 0 amide bonds. The summed E-state index contributed by atoms with van der Waals surface area (Å²) >= 11 is 8.13. The van der Waals surface area contributed by atoms with Crippen LogP contribution in [0.15, 0.2) is 41.2 Å². The summed E-state index contributed by atoms with van der Waals surface area (Å²) in [6, 6.07) is 9.49. The van der Waals surface area contributed by atoms with Gasteiger partial charge in [-0.25, -0.2) is 9.37 Å². The maximum absolute atomic E-state index is 13.1. The van der Waals surface area contributed by atoms with Crippen LogP contribution in [0.1, 0.15) is 29.3 Å². The average molecular weight is 485 g/mol. The summed E-state index contributed by atoms with van der Waals surface area (Å²) in [5, 5.41) is 1.04. The van der Waals surface area contributed by atoms with Crippen molar-refractivity contribution in [2.24, 2.45) is 5.92 Å². The molecule has 0 aliphatic heterocycles. The van der Waals surface area contributed by atoms with Crippen molar-refractivity contribution >= 4 is 33.2 Å². The molecule has 5 nitrogen and oxygen atoms in total. The van der Waals surface area contributed by atoms with Crippen molar-refractivity contribution < 1.29 is 13.9 Å². The van der Waals surface area contributed by atoms with Gasteiger partial charge >= 0.3 is 0 Å². The minimum atomic E-state index is -0.307. The highest BCUT2D eigenvalue weighted by Gasteiger charge is 2.23. The standard InChI is InChI=1S/C25H22ClFN2O3S/c1-13-3-8-17-20(9-13)33-25-21(17)24(30)28-23(29-25)15-10-18(26)22(19(11-15)31-2)32-12-14-4-6-16(27)7-5-14/h4-7,10-11,13H,3,8-9,12H2,1-2H3,(H,28,29,30). The van der Waals surface area contributed by atoms with E-state index in [9.17, 15) is 9.18 Å². The van der Waals surface area contributed by atoms with Crippen LogP contribution in [-0.4, -0.2) is 17.1 Å². The molecule has 2 heterocycles. The number of halogens is 2. The predicted octanol–water partition coefficient (Wildman–Crippen LogP) is 6.16. The fraction of sp³-hybridized carbons (Fsp3) is 0.280. The van der Waals surface area contributed by atoms with Crippen molar-refractivity contribution in [3.05, 3.63) is 73.6 Å². The summed E-state index contributed by atoms with van der Waals surface area (Å²) < 4.78 is 24.5. The molecule has 2 aromatic heterocycles. The number of methoxy groups -OCH3 is 1. The minimum Gasteiger partial charge on any atom is -0.493 e. The van der Waals surface area contributed by atoms with E-state index in [0.29, 0.717) is 39.2 Å². The second kappa shape index (κ2) is 8.80. The molecule has 1 atom stereocenters. The Kier molecular flexibility index (Phi) is 5.85.